The molecule has 0 aliphatic carbocycles. The summed E-state index contributed by atoms with van der Waals surface area (Å²) in [5, 5.41) is 13.0. The molecule has 0 amide bonds. The minimum Gasteiger partial charge on any atom is -0.387 e. The second kappa shape index (κ2) is 7.11. The lowest BCUT2D eigenvalue weighted by atomic mass is 9.93. The minimum absolute atomic E-state index is 0.0112. The molecule has 2 N–H and O–H groups in total. The first-order valence-electron chi connectivity index (χ1n) is 6.70. The SMILES string of the molecule is CN(C)CC(C)(C)CNCC(O)c1cc(F)ccc1F. The summed E-state index contributed by atoms with van der Waals surface area (Å²) >= 11 is 0. The number of nitrogens with one attached hydrogen (secondary N) is 1. The predicted molar refractivity (Wildman–Crippen MR) is 76.5 cm³/mol. The molecule has 0 aromatic heterocycles. The van der Waals surface area contributed by atoms with Crippen LogP contribution < -0.4 is 5.32 Å². The molecule has 1 aromatic carbocycles. The summed E-state index contributed by atoms with van der Waals surface area (Å²) in [6, 6.07) is 3.11. The molecule has 0 saturated heterocycles. The first kappa shape index (κ1) is 17.0. The van der Waals surface area contributed by atoms with Crippen molar-refractivity contribution in [3.8, 4) is 0 Å². The zero-order valence-electron chi connectivity index (χ0n) is 12.6. The average molecular weight is 286 g/mol. The van der Waals surface area contributed by atoms with Gasteiger partial charge in [0, 0.05) is 25.2 Å². The molecular formula is C15H24F2N2O. The molecule has 3 nitrogen and oxygen atoms in total. The molecule has 114 valence electrons. The van der Waals surface area contributed by atoms with E-state index in [9.17, 15) is 13.9 Å². The van der Waals surface area contributed by atoms with Crippen molar-refractivity contribution in [1.82, 2.24) is 10.2 Å². The van der Waals surface area contributed by atoms with Gasteiger partial charge in [-0.3, -0.25) is 0 Å². The lowest BCUT2D eigenvalue weighted by Gasteiger charge is -2.29. The van der Waals surface area contributed by atoms with Crippen LogP contribution in [-0.4, -0.2) is 43.7 Å². The molecule has 0 bridgehead atoms. The first-order chi connectivity index (χ1) is 9.21. The Bertz CT molecular complexity index is 436. The smallest absolute Gasteiger partial charge is 0.129 e. The maximum atomic E-state index is 13.5. The van der Waals surface area contributed by atoms with Gasteiger partial charge in [-0.25, -0.2) is 8.78 Å². The molecule has 1 atom stereocenters. The fourth-order valence-corrected chi connectivity index (χ4v) is 2.34. The Morgan fingerprint density at radius 3 is 2.55 bits per heavy atom. The third-order valence-corrected chi connectivity index (χ3v) is 3.00. The molecule has 20 heavy (non-hydrogen) atoms. The molecule has 5 heteroatoms. The Labute approximate surface area is 119 Å². The van der Waals surface area contributed by atoms with Gasteiger partial charge in [0.15, 0.2) is 0 Å². The van der Waals surface area contributed by atoms with Crippen LogP contribution in [0.3, 0.4) is 0 Å². The Morgan fingerprint density at radius 1 is 1.30 bits per heavy atom. The molecule has 0 spiro atoms. The molecule has 0 radical (unpaired) electrons. The van der Waals surface area contributed by atoms with E-state index in [1.807, 2.05) is 14.1 Å². The van der Waals surface area contributed by atoms with Gasteiger partial charge in [0.05, 0.1) is 6.10 Å². The van der Waals surface area contributed by atoms with Crippen molar-refractivity contribution in [2.45, 2.75) is 20.0 Å². The zero-order chi connectivity index (χ0) is 15.3. The summed E-state index contributed by atoms with van der Waals surface area (Å²) in [7, 11) is 4.00. The fourth-order valence-electron chi connectivity index (χ4n) is 2.34. The molecule has 0 fully saturated rings. The Balaban J connectivity index is 2.51. The average Bonchev–Trinajstić information content (AvgIpc) is 2.30. The molecule has 1 rings (SSSR count). The van der Waals surface area contributed by atoms with Gasteiger partial charge in [-0.1, -0.05) is 13.8 Å². The summed E-state index contributed by atoms with van der Waals surface area (Å²) in [6.45, 7) is 5.98. The molecule has 0 aliphatic rings. The van der Waals surface area contributed by atoms with Crippen molar-refractivity contribution in [3.05, 3.63) is 35.4 Å². The van der Waals surface area contributed by atoms with Crippen LogP contribution in [0.15, 0.2) is 18.2 Å². The number of rotatable bonds is 7. The van der Waals surface area contributed by atoms with Crippen molar-refractivity contribution in [2.75, 3.05) is 33.7 Å². The summed E-state index contributed by atoms with van der Waals surface area (Å²) in [5.74, 6) is -1.14. The topological polar surface area (TPSA) is 35.5 Å². The van der Waals surface area contributed by atoms with E-state index in [1.54, 1.807) is 0 Å². The van der Waals surface area contributed by atoms with Gasteiger partial charge in [0.2, 0.25) is 0 Å². The van der Waals surface area contributed by atoms with E-state index < -0.39 is 17.7 Å². The number of hydrogen-bond donors (Lipinski definition) is 2. The van der Waals surface area contributed by atoms with Gasteiger partial charge in [0.1, 0.15) is 11.6 Å². The van der Waals surface area contributed by atoms with Crippen LogP contribution in [0.4, 0.5) is 8.78 Å². The van der Waals surface area contributed by atoms with E-state index in [0.717, 1.165) is 24.7 Å². The van der Waals surface area contributed by atoms with Crippen molar-refractivity contribution in [2.24, 2.45) is 5.41 Å². The highest BCUT2D eigenvalue weighted by Crippen LogP contribution is 2.19. The third-order valence-electron chi connectivity index (χ3n) is 3.00. The largest absolute Gasteiger partial charge is 0.387 e. The second-order valence-electron chi connectivity index (χ2n) is 6.21. The van der Waals surface area contributed by atoms with Gasteiger partial charge in [-0.15, -0.1) is 0 Å². The van der Waals surface area contributed by atoms with Crippen molar-refractivity contribution in [1.29, 1.82) is 0 Å². The van der Waals surface area contributed by atoms with E-state index in [0.29, 0.717) is 6.54 Å². The van der Waals surface area contributed by atoms with Crippen molar-refractivity contribution < 1.29 is 13.9 Å². The molecule has 1 aromatic rings. The van der Waals surface area contributed by atoms with Gasteiger partial charge in [-0.2, -0.15) is 0 Å². The highest BCUT2D eigenvalue weighted by Gasteiger charge is 2.20. The number of halogens is 2. The zero-order valence-corrected chi connectivity index (χ0v) is 12.6. The van der Waals surface area contributed by atoms with Crippen LogP contribution in [0, 0.1) is 17.0 Å². The van der Waals surface area contributed by atoms with E-state index >= 15 is 0 Å². The summed E-state index contributed by atoms with van der Waals surface area (Å²) in [4.78, 5) is 2.09. The maximum Gasteiger partial charge on any atom is 0.129 e. The lowest BCUT2D eigenvalue weighted by molar-refractivity contribution is 0.158. The summed E-state index contributed by atoms with van der Waals surface area (Å²) in [6.07, 6.45) is -1.05. The van der Waals surface area contributed by atoms with Gasteiger partial charge in [-0.05, 0) is 37.7 Å². The number of hydrogen-bond acceptors (Lipinski definition) is 3. The monoisotopic (exact) mass is 286 g/mol. The van der Waals surface area contributed by atoms with E-state index in [4.69, 9.17) is 0 Å². The predicted octanol–water partition coefficient (Wildman–Crippen LogP) is 2.18. The number of aliphatic hydroxyl groups is 1. The van der Waals surface area contributed by atoms with Crippen LogP contribution in [0.5, 0.6) is 0 Å². The van der Waals surface area contributed by atoms with Crippen molar-refractivity contribution in [3.63, 3.8) is 0 Å². The third kappa shape index (κ3) is 5.53. The quantitative estimate of drug-likeness (QED) is 0.806. The van der Waals surface area contributed by atoms with Gasteiger partial charge >= 0.3 is 0 Å². The van der Waals surface area contributed by atoms with Crippen LogP contribution in [0.1, 0.15) is 25.5 Å². The molecule has 1 unspecified atom stereocenters. The van der Waals surface area contributed by atoms with Crippen LogP contribution in [0.2, 0.25) is 0 Å². The first-order valence-corrected chi connectivity index (χ1v) is 6.70. The van der Waals surface area contributed by atoms with Crippen LogP contribution in [-0.2, 0) is 0 Å². The normalized spacial score (nSPS) is 13.8. The second-order valence-corrected chi connectivity index (χ2v) is 6.21. The molecule has 0 saturated carbocycles. The van der Waals surface area contributed by atoms with E-state index in [1.165, 1.54) is 0 Å². The molecule has 0 aliphatic heterocycles. The minimum atomic E-state index is -1.05. The van der Waals surface area contributed by atoms with E-state index in [-0.39, 0.29) is 17.5 Å². The Morgan fingerprint density at radius 2 is 1.95 bits per heavy atom. The molecular weight excluding hydrogens is 262 g/mol. The standard InChI is InChI=1S/C15H24F2N2O/c1-15(2,10-19(3)4)9-18-8-14(20)12-7-11(16)5-6-13(12)17/h5-7,14,18,20H,8-10H2,1-4H3. The molecule has 0 heterocycles. The highest BCUT2D eigenvalue weighted by molar-refractivity contribution is 5.21. The van der Waals surface area contributed by atoms with Crippen molar-refractivity contribution >= 4 is 0 Å². The van der Waals surface area contributed by atoms with Crippen LogP contribution in [0.25, 0.3) is 0 Å². The Kier molecular flexibility index (Phi) is 6.05. The summed E-state index contributed by atoms with van der Waals surface area (Å²) in [5.41, 5.74) is 0.0203. The van der Waals surface area contributed by atoms with Crippen LogP contribution >= 0.6 is 0 Å². The number of benzene rings is 1. The fraction of sp³-hybridized carbons (Fsp3) is 0.600. The van der Waals surface area contributed by atoms with Gasteiger partial charge < -0.3 is 15.3 Å². The number of nitrogens with zero attached hydrogens (tertiary/aromatic N) is 1. The summed E-state index contributed by atoms with van der Waals surface area (Å²) < 4.78 is 26.6. The number of aliphatic hydroxyl groups excluding tert-OH is 1. The van der Waals surface area contributed by atoms with E-state index in [2.05, 4.69) is 24.1 Å². The maximum absolute atomic E-state index is 13.5. The lowest BCUT2D eigenvalue weighted by Crippen LogP contribution is -2.39. The van der Waals surface area contributed by atoms with Gasteiger partial charge in [0.25, 0.3) is 0 Å². The Hall–Kier alpha value is -1.04. The highest BCUT2D eigenvalue weighted by atomic mass is 19.1.